The zero-order chi connectivity index (χ0) is 18.5. The second-order valence-corrected chi connectivity index (χ2v) is 7.14. The number of para-hydroxylation sites is 1. The lowest BCUT2D eigenvalue weighted by molar-refractivity contribution is 0.143. The molecule has 1 fully saturated rings. The van der Waals surface area contributed by atoms with E-state index in [1.165, 1.54) is 24.1 Å². The van der Waals surface area contributed by atoms with Crippen LogP contribution in [0.15, 0.2) is 66.4 Å². The molecular weight excluding hydrogens is 329 g/mol. The van der Waals surface area contributed by atoms with E-state index < -0.39 is 6.10 Å². The van der Waals surface area contributed by atoms with E-state index in [0.29, 0.717) is 18.4 Å². The van der Waals surface area contributed by atoms with Gasteiger partial charge in [0, 0.05) is 18.3 Å². The minimum atomic E-state index is -0.573. The van der Waals surface area contributed by atoms with Crippen LogP contribution in [0, 0.1) is 11.7 Å². The SMILES string of the molecule is C/C(=C/O)CC1C(CCC(O)c2ccc(F)cc2)CN1c1ccccc1. The molecule has 2 N–H and O–H groups in total. The third-order valence-electron chi connectivity index (χ3n) is 5.28. The Morgan fingerprint density at radius 1 is 1.19 bits per heavy atom. The minimum absolute atomic E-state index is 0.287. The van der Waals surface area contributed by atoms with E-state index in [1.54, 1.807) is 12.1 Å². The molecule has 1 saturated heterocycles. The monoisotopic (exact) mass is 355 g/mol. The van der Waals surface area contributed by atoms with Crippen molar-refractivity contribution in [2.45, 2.75) is 38.3 Å². The molecule has 1 aliphatic heterocycles. The van der Waals surface area contributed by atoms with Gasteiger partial charge in [0.15, 0.2) is 0 Å². The molecule has 3 atom stereocenters. The number of anilines is 1. The van der Waals surface area contributed by atoms with Crippen LogP contribution in [0.4, 0.5) is 10.1 Å². The molecule has 0 radical (unpaired) electrons. The van der Waals surface area contributed by atoms with Gasteiger partial charge in [-0.15, -0.1) is 0 Å². The summed E-state index contributed by atoms with van der Waals surface area (Å²) in [7, 11) is 0. The van der Waals surface area contributed by atoms with Crippen molar-refractivity contribution >= 4 is 5.69 Å². The van der Waals surface area contributed by atoms with Crippen molar-refractivity contribution in [1.82, 2.24) is 0 Å². The van der Waals surface area contributed by atoms with Gasteiger partial charge in [0.2, 0.25) is 0 Å². The first-order chi connectivity index (χ1) is 12.6. The number of halogens is 1. The number of aliphatic hydroxyl groups excluding tert-OH is 2. The van der Waals surface area contributed by atoms with Crippen LogP contribution < -0.4 is 4.90 Å². The Bertz CT molecular complexity index is 730. The molecule has 0 spiro atoms. The van der Waals surface area contributed by atoms with Crippen molar-refractivity contribution in [1.29, 1.82) is 0 Å². The number of benzene rings is 2. The fourth-order valence-corrected chi connectivity index (χ4v) is 3.71. The van der Waals surface area contributed by atoms with Gasteiger partial charge >= 0.3 is 0 Å². The van der Waals surface area contributed by atoms with Gasteiger partial charge in [0.25, 0.3) is 0 Å². The van der Waals surface area contributed by atoms with Crippen LogP contribution in [0.25, 0.3) is 0 Å². The molecule has 0 aromatic heterocycles. The van der Waals surface area contributed by atoms with E-state index in [9.17, 15) is 14.6 Å². The molecule has 3 nitrogen and oxygen atoms in total. The summed E-state index contributed by atoms with van der Waals surface area (Å²) in [5.41, 5.74) is 2.91. The summed E-state index contributed by atoms with van der Waals surface area (Å²) in [6, 6.07) is 16.7. The van der Waals surface area contributed by atoms with Crippen LogP contribution in [-0.4, -0.2) is 22.8 Å². The molecule has 3 rings (SSSR count). The Kier molecular flexibility index (Phi) is 5.94. The zero-order valence-electron chi connectivity index (χ0n) is 15.1. The van der Waals surface area contributed by atoms with Crippen LogP contribution in [0.5, 0.6) is 0 Å². The third-order valence-corrected chi connectivity index (χ3v) is 5.28. The molecule has 0 saturated carbocycles. The van der Waals surface area contributed by atoms with Crippen LogP contribution in [-0.2, 0) is 0 Å². The first-order valence-electron chi connectivity index (χ1n) is 9.13. The quantitative estimate of drug-likeness (QED) is 0.687. The lowest BCUT2D eigenvalue weighted by atomic mass is 9.80. The topological polar surface area (TPSA) is 43.7 Å². The largest absolute Gasteiger partial charge is 0.516 e. The Morgan fingerprint density at radius 2 is 1.88 bits per heavy atom. The number of hydrogen-bond donors (Lipinski definition) is 2. The Labute approximate surface area is 154 Å². The van der Waals surface area contributed by atoms with E-state index in [2.05, 4.69) is 17.0 Å². The van der Waals surface area contributed by atoms with Gasteiger partial charge in [-0.1, -0.05) is 30.3 Å². The van der Waals surface area contributed by atoms with E-state index in [4.69, 9.17) is 0 Å². The Balaban J connectivity index is 1.62. The van der Waals surface area contributed by atoms with Gasteiger partial charge < -0.3 is 15.1 Å². The highest BCUT2D eigenvalue weighted by atomic mass is 19.1. The summed E-state index contributed by atoms with van der Waals surface area (Å²) in [4.78, 5) is 2.36. The molecule has 138 valence electrons. The van der Waals surface area contributed by atoms with Gasteiger partial charge in [-0.3, -0.25) is 0 Å². The van der Waals surface area contributed by atoms with E-state index in [-0.39, 0.29) is 5.82 Å². The molecule has 0 bridgehead atoms. The van der Waals surface area contributed by atoms with E-state index >= 15 is 0 Å². The summed E-state index contributed by atoms with van der Waals surface area (Å²) in [5, 5.41) is 19.7. The van der Waals surface area contributed by atoms with Gasteiger partial charge in [-0.25, -0.2) is 4.39 Å². The molecule has 26 heavy (non-hydrogen) atoms. The third kappa shape index (κ3) is 4.25. The molecule has 0 amide bonds. The molecule has 0 aliphatic carbocycles. The predicted octanol–water partition coefficient (Wildman–Crippen LogP) is 5.00. The van der Waals surface area contributed by atoms with Crippen LogP contribution in [0.2, 0.25) is 0 Å². The van der Waals surface area contributed by atoms with Gasteiger partial charge in [-0.2, -0.15) is 0 Å². The summed E-state index contributed by atoms with van der Waals surface area (Å²) in [6.07, 6.45) is 2.97. The lowest BCUT2D eigenvalue weighted by Gasteiger charge is -2.50. The van der Waals surface area contributed by atoms with Crippen molar-refractivity contribution < 1.29 is 14.6 Å². The number of rotatable bonds is 7. The molecule has 2 aromatic carbocycles. The van der Waals surface area contributed by atoms with Gasteiger partial charge in [0.1, 0.15) is 5.82 Å². The van der Waals surface area contributed by atoms with Crippen molar-refractivity contribution in [3.63, 3.8) is 0 Å². The van der Waals surface area contributed by atoms with Crippen molar-refractivity contribution in [2.75, 3.05) is 11.4 Å². The van der Waals surface area contributed by atoms with Crippen LogP contribution in [0.3, 0.4) is 0 Å². The maximum Gasteiger partial charge on any atom is 0.123 e. The standard InChI is InChI=1S/C22H26FNO2/c1-16(15-25)13-21-18(14-24(21)20-5-3-2-4-6-20)9-12-22(26)17-7-10-19(23)11-8-17/h2-8,10-11,15,18,21-22,25-26H,9,12-14H2,1H3/b16-15-. The molecule has 3 unspecified atom stereocenters. The van der Waals surface area contributed by atoms with Crippen LogP contribution >= 0.6 is 0 Å². The first-order valence-corrected chi connectivity index (χ1v) is 9.13. The maximum absolute atomic E-state index is 13.0. The average molecular weight is 355 g/mol. The highest BCUT2D eigenvalue weighted by Gasteiger charge is 2.38. The number of nitrogens with zero attached hydrogens (tertiary/aromatic N) is 1. The second kappa shape index (κ2) is 8.37. The molecular formula is C22H26FNO2. The van der Waals surface area contributed by atoms with Crippen molar-refractivity contribution in [3.8, 4) is 0 Å². The predicted molar refractivity (Wildman–Crippen MR) is 103 cm³/mol. The lowest BCUT2D eigenvalue weighted by Crippen LogP contribution is -2.56. The van der Waals surface area contributed by atoms with Crippen molar-refractivity contribution in [3.05, 3.63) is 77.8 Å². The smallest absolute Gasteiger partial charge is 0.123 e. The average Bonchev–Trinajstić information content (AvgIpc) is 2.66. The van der Waals surface area contributed by atoms with Gasteiger partial charge in [0.05, 0.1) is 12.4 Å². The summed E-state index contributed by atoms with van der Waals surface area (Å²) < 4.78 is 13.0. The first kappa shape index (κ1) is 18.5. The van der Waals surface area contributed by atoms with Gasteiger partial charge in [-0.05, 0) is 67.5 Å². The minimum Gasteiger partial charge on any atom is -0.516 e. The fraction of sp³-hybridized carbons (Fsp3) is 0.364. The highest BCUT2D eigenvalue weighted by Crippen LogP contribution is 2.38. The molecule has 1 aliphatic rings. The van der Waals surface area contributed by atoms with Crippen LogP contribution in [0.1, 0.15) is 37.9 Å². The molecule has 1 heterocycles. The molecule has 4 heteroatoms. The van der Waals surface area contributed by atoms with E-state index in [1.807, 2.05) is 25.1 Å². The fourth-order valence-electron chi connectivity index (χ4n) is 3.71. The number of hydrogen-bond acceptors (Lipinski definition) is 3. The molecule has 2 aromatic rings. The van der Waals surface area contributed by atoms with Crippen molar-refractivity contribution in [2.24, 2.45) is 5.92 Å². The summed E-state index contributed by atoms with van der Waals surface area (Å²) in [6.45, 7) is 2.88. The zero-order valence-corrected chi connectivity index (χ0v) is 15.1. The summed E-state index contributed by atoms with van der Waals surface area (Å²) in [5.74, 6) is 0.171. The summed E-state index contributed by atoms with van der Waals surface area (Å²) >= 11 is 0. The Morgan fingerprint density at radius 3 is 2.54 bits per heavy atom. The highest BCUT2D eigenvalue weighted by molar-refractivity contribution is 5.50. The number of aliphatic hydroxyl groups is 2. The van der Waals surface area contributed by atoms with E-state index in [0.717, 1.165) is 30.5 Å². The Hall–Kier alpha value is -2.33. The maximum atomic E-state index is 13.0. The second-order valence-electron chi connectivity index (χ2n) is 7.14. The normalized spacial score (nSPS) is 21.3.